The standard InChI is InChI=1S/C16H14Cl2O3/c1-21-15-7-2-10(9-14(15)18)8-13(16(19)20)11-3-5-12(17)6-4-11/h2-7,9,13H,8H2,1H3,(H,19,20). The molecule has 1 unspecified atom stereocenters. The van der Waals surface area contributed by atoms with Crippen molar-refractivity contribution >= 4 is 29.2 Å². The van der Waals surface area contributed by atoms with Gasteiger partial charge in [0.2, 0.25) is 0 Å². The van der Waals surface area contributed by atoms with Crippen molar-refractivity contribution in [1.29, 1.82) is 0 Å². The van der Waals surface area contributed by atoms with Gasteiger partial charge in [-0.3, -0.25) is 4.79 Å². The van der Waals surface area contributed by atoms with Crippen molar-refractivity contribution in [2.45, 2.75) is 12.3 Å². The van der Waals surface area contributed by atoms with Crippen LogP contribution in [0.25, 0.3) is 0 Å². The maximum Gasteiger partial charge on any atom is 0.311 e. The fourth-order valence-electron chi connectivity index (χ4n) is 2.12. The van der Waals surface area contributed by atoms with Crippen LogP contribution in [0.4, 0.5) is 0 Å². The summed E-state index contributed by atoms with van der Waals surface area (Å²) in [6.07, 6.45) is 0.348. The molecule has 1 N–H and O–H groups in total. The summed E-state index contributed by atoms with van der Waals surface area (Å²) in [6.45, 7) is 0. The average Bonchev–Trinajstić information content (AvgIpc) is 2.46. The number of ether oxygens (including phenoxy) is 1. The van der Waals surface area contributed by atoms with Crippen molar-refractivity contribution in [3.05, 3.63) is 63.6 Å². The molecule has 2 aromatic carbocycles. The highest BCUT2D eigenvalue weighted by atomic mass is 35.5. The van der Waals surface area contributed by atoms with E-state index in [1.807, 2.05) is 6.07 Å². The molecule has 0 radical (unpaired) electrons. The second kappa shape index (κ2) is 6.83. The van der Waals surface area contributed by atoms with Crippen LogP contribution < -0.4 is 4.74 Å². The molecule has 0 amide bonds. The predicted octanol–water partition coefficient (Wildman–Crippen LogP) is 4.41. The van der Waals surface area contributed by atoms with Gasteiger partial charge in [-0.15, -0.1) is 0 Å². The van der Waals surface area contributed by atoms with E-state index in [1.54, 1.807) is 36.4 Å². The Morgan fingerprint density at radius 2 is 1.86 bits per heavy atom. The molecular weight excluding hydrogens is 311 g/mol. The van der Waals surface area contributed by atoms with Gasteiger partial charge in [-0.1, -0.05) is 41.4 Å². The maximum absolute atomic E-state index is 11.5. The van der Waals surface area contributed by atoms with Crippen LogP contribution in [0.5, 0.6) is 5.75 Å². The predicted molar refractivity (Wildman–Crippen MR) is 83.5 cm³/mol. The van der Waals surface area contributed by atoms with Crippen LogP contribution in [0.15, 0.2) is 42.5 Å². The number of carbonyl (C=O) groups is 1. The molecule has 0 aliphatic heterocycles. The third-order valence-corrected chi connectivity index (χ3v) is 3.77. The third kappa shape index (κ3) is 3.90. The van der Waals surface area contributed by atoms with Crippen molar-refractivity contribution in [1.82, 2.24) is 0 Å². The Balaban J connectivity index is 2.26. The van der Waals surface area contributed by atoms with E-state index in [4.69, 9.17) is 27.9 Å². The summed E-state index contributed by atoms with van der Waals surface area (Å²) >= 11 is 11.9. The van der Waals surface area contributed by atoms with Crippen molar-refractivity contribution < 1.29 is 14.6 Å². The summed E-state index contributed by atoms with van der Waals surface area (Å²) in [5.74, 6) is -0.963. The summed E-state index contributed by atoms with van der Waals surface area (Å²) in [7, 11) is 1.54. The molecule has 1 atom stereocenters. The lowest BCUT2D eigenvalue weighted by Crippen LogP contribution is -2.14. The molecule has 3 nitrogen and oxygen atoms in total. The van der Waals surface area contributed by atoms with Crippen LogP contribution in [-0.2, 0) is 11.2 Å². The molecule has 0 spiro atoms. The average molecular weight is 325 g/mol. The molecule has 2 aromatic rings. The van der Waals surface area contributed by atoms with Gasteiger partial charge in [0.05, 0.1) is 18.1 Å². The van der Waals surface area contributed by atoms with Crippen molar-refractivity contribution in [3.8, 4) is 5.75 Å². The lowest BCUT2D eigenvalue weighted by Gasteiger charge is -2.14. The van der Waals surface area contributed by atoms with E-state index in [2.05, 4.69) is 0 Å². The molecule has 110 valence electrons. The Bertz CT molecular complexity index is 638. The summed E-state index contributed by atoms with van der Waals surface area (Å²) in [4.78, 5) is 11.5. The highest BCUT2D eigenvalue weighted by Crippen LogP contribution is 2.28. The second-order valence-electron chi connectivity index (χ2n) is 4.62. The van der Waals surface area contributed by atoms with Crippen LogP contribution in [0.3, 0.4) is 0 Å². The first-order valence-corrected chi connectivity index (χ1v) is 7.07. The Morgan fingerprint density at radius 3 is 2.38 bits per heavy atom. The number of benzene rings is 2. The van der Waals surface area contributed by atoms with Crippen LogP contribution >= 0.6 is 23.2 Å². The van der Waals surface area contributed by atoms with E-state index < -0.39 is 11.9 Å². The molecule has 0 fully saturated rings. The first kappa shape index (κ1) is 15.7. The highest BCUT2D eigenvalue weighted by Gasteiger charge is 2.20. The Morgan fingerprint density at radius 1 is 1.19 bits per heavy atom. The van der Waals surface area contributed by atoms with Crippen molar-refractivity contribution in [2.75, 3.05) is 7.11 Å². The van der Waals surface area contributed by atoms with E-state index in [1.165, 1.54) is 7.11 Å². The number of carboxylic acid groups (broad SMARTS) is 1. The van der Waals surface area contributed by atoms with Crippen LogP contribution in [0, 0.1) is 0 Å². The molecule has 5 heteroatoms. The molecule has 0 aliphatic rings. The fraction of sp³-hybridized carbons (Fsp3) is 0.188. The first-order chi connectivity index (χ1) is 10.0. The molecule has 0 aliphatic carbocycles. The zero-order chi connectivity index (χ0) is 15.4. The number of halogens is 2. The van der Waals surface area contributed by atoms with Crippen LogP contribution in [0.1, 0.15) is 17.0 Å². The van der Waals surface area contributed by atoms with Gasteiger partial charge in [-0.05, 0) is 41.8 Å². The molecule has 0 saturated carbocycles. The number of carboxylic acids is 1. The summed E-state index contributed by atoms with van der Waals surface area (Å²) < 4.78 is 5.09. The van der Waals surface area contributed by atoms with Crippen molar-refractivity contribution in [3.63, 3.8) is 0 Å². The van der Waals surface area contributed by atoms with Crippen LogP contribution in [0.2, 0.25) is 10.0 Å². The smallest absolute Gasteiger partial charge is 0.311 e. The minimum atomic E-state index is -0.885. The van der Waals surface area contributed by atoms with E-state index >= 15 is 0 Å². The Labute approximate surface area is 133 Å². The van der Waals surface area contributed by atoms with Gasteiger partial charge in [0.1, 0.15) is 5.75 Å². The molecule has 0 heterocycles. The lowest BCUT2D eigenvalue weighted by atomic mass is 9.92. The number of hydrogen-bond donors (Lipinski definition) is 1. The fourth-order valence-corrected chi connectivity index (χ4v) is 2.52. The summed E-state index contributed by atoms with van der Waals surface area (Å²) in [6, 6.07) is 12.1. The zero-order valence-corrected chi connectivity index (χ0v) is 12.9. The van der Waals surface area contributed by atoms with Gasteiger partial charge in [-0.25, -0.2) is 0 Å². The quantitative estimate of drug-likeness (QED) is 0.885. The molecule has 21 heavy (non-hydrogen) atoms. The maximum atomic E-state index is 11.5. The number of aliphatic carboxylic acids is 1. The molecule has 0 bridgehead atoms. The first-order valence-electron chi connectivity index (χ1n) is 6.32. The molecule has 2 rings (SSSR count). The molecular formula is C16H14Cl2O3. The second-order valence-corrected chi connectivity index (χ2v) is 5.46. The lowest BCUT2D eigenvalue weighted by molar-refractivity contribution is -0.138. The monoisotopic (exact) mass is 324 g/mol. The largest absolute Gasteiger partial charge is 0.495 e. The van der Waals surface area contributed by atoms with Crippen LogP contribution in [-0.4, -0.2) is 18.2 Å². The Hall–Kier alpha value is -1.71. The number of hydrogen-bond acceptors (Lipinski definition) is 2. The minimum Gasteiger partial charge on any atom is -0.495 e. The van der Waals surface area contributed by atoms with Gasteiger partial charge in [0, 0.05) is 5.02 Å². The van der Waals surface area contributed by atoms with Gasteiger partial charge >= 0.3 is 5.97 Å². The Kier molecular flexibility index (Phi) is 5.10. The number of methoxy groups -OCH3 is 1. The van der Waals surface area contributed by atoms with E-state index in [0.717, 1.165) is 5.56 Å². The van der Waals surface area contributed by atoms with Gasteiger partial charge in [0.15, 0.2) is 0 Å². The molecule has 0 saturated heterocycles. The van der Waals surface area contributed by atoms with Gasteiger partial charge in [-0.2, -0.15) is 0 Å². The highest BCUT2D eigenvalue weighted by molar-refractivity contribution is 6.32. The van der Waals surface area contributed by atoms with Gasteiger partial charge in [0.25, 0.3) is 0 Å². The van der Waals surface area contributed by atoms with E-state index in [-0.39, 0.29) is 0 Å². The number of rotatable bonds is 5. The van der Waals surface area contributed by atoms with Gasteiger partial charge < -0.3 is 9.84 Å². The molecule has 0 aromatic heterocycles. The summed E-state index contributed by atoms with van der Waals surface area (Å²) in [5, 5.41) is 10.5. The zero-order valence-electron chi connectivity index (χ0n) is 11.3. The third-order valence-electron chi connectivity index (χ3n) is 3.23. The van der Waals surface area contributed by atoms with E-state index in [9.17, 15) is 9.90 Å². The topological polar surface area (TPSA) is 46.5 Å². The normalized spacial score (nSPS) is 12.0. The van der Waals surface area contributed by atoms with E-state index in [0.29, 0.717) is 27.8 Å². The SMILES string of the molecule is COc1ccc(CC(C(=O)O)c2ccc(Cl)cc2)cc1Cl. The van der Waals surface area contributed by atoms with Crippen molar-refractivity contribution in [2.24, 2.45) is 0 Å². The summed E-state index contributed by atoms with van der Waals surface area (Å²) in [5.41, 5.74) is 1.54. The minimum absolute atomic E-state index is 0.348.